The van der Waals surface area contributed by atoms with E-state index in [1.807, 2.05) is 12.1 Å². The fourth-order valence-electron chi connectivity index (χ4n) is 5.83. The zero-order valence-electron chi connectivity index (χ0n) is 17.1. The first-order chi connectivity index (χ1) is 13.9. The fraction of sp³-hybridized carbons (Fsp3) is 0.652. The Morgan fingerprint density at radius 2 is 2.00 bits per heavy atom. The first kappa shape index (κ1) is 20.7. The zero-order valence-corrected chi connectivity index (χ0v) is 17.1. The summed E-state index contributed by atoms with van der Waals surface area (Å²) in [7, 11) is 0. The van der Waals surface area contributed by atoms with Crippen molar-refractivity contribution >= 4 is 0 Å². The summed E-state index contributed by atoms with van der Waals surface area (Å²) in [6, 6.07) is 3.50. The molecule has 4 rings (SSSR count). The van der Waals surface area contributed by atoms with Crippen molar-refractivity contribution in [1.82, 2.24) is 0 Å². The van der Waals surface area contributed by atoms with Crippen molar-refractivity contribution < 1.29 is 29.9 Å². The van der Waals surface area contributed by atoms with Crippen LogP contribution in [0.15, 0.2) is 24.3 Å². The third-order valence-electron chi connectivity index (χ3n) is 6.92. The SMILES string of the molecule is CCCC12C[C@@H](O[C@@H]3OCC(O)C[C@H]3O)C=CC1C(C)Cc1ccc(O)c(O)c12. The Labute approximate surface area is 171 Å². The van der Waals surface area contributed by atoms with E-state index in [2.05, 4.69) is 19.9 Å². The van der Waals surface area contributed by atoms with Gasteiger partial charge in [-0.05, 0) is 42.7 Å². The number of aromatic hydroxyl groups is 2. The van der Waals surface area contributed by atoms with E-state index in [0.29, 0.717) is 12.3 Å². The number of aliphatic hydroxyl groups excluding tert-OH is 2. The highest BCUT2D eigenvalue weighted by atomic mass is 16.7. The molecule has 0 spiro atoms. The molecule has 1 aliphatic heterocycles. The van der Waals surface area contributed by atoms with Gasteiger partial charge in [-0.1, -0.05) is 38.5 Å². The Kier molecular flexibility index (Phi) is 5.64. The first-order valence-electron chi connectivity index (χ1n) is 10.7. The molecule has 1 aromatic carbocycles. The van der Waals surface area contributed by atoms with Crippen molar-refractivity contribution in [2.45, 2.75) is 76.0 Å². The third kappa shape index (κ3) is 3.56. The van der Waals surface area contributed by atoms with E-state index in [1.54, 1.807) is 6.07 Å². The Balaban J connectivity index is 1.69. The second-order valence-corrected chi connectivity index (χ2v) is 9.00. The lowest BCUT2D eigenvalue weighted by Gasteiger charge is -2.51. The predicted molar refractivity (Wildman–Crippen MR) is 108 cm³/mol. The van der Waals surface area contributed by atoms with Gasteiger partial charge in [-0.2, -0.15) is 0 Å². The van der Waals surface area contributed by atoms with Crippen LogP contribution in [0.1, 0.15) is 50.7 Å². The zero-order chi connectivity index (χ0) is 20.8. The van der Waals surface area contributed by atoms with Gasteiger partial charge < -0.3 is 29.9 Å². The van der Waals surface area contributed by atoms with Crippen molar-refractivity contribution in [2.24, 2.45) is 11.8 Å². The van der Waals surface area contributed by atoms with Crippen molar-refractivity contribution in [3.63, 3.8) is 0 Å². The lowest BCUT2D eigenvalue weighted by Crippen LogP contribution is -2.50. The second-order valence-electron chi connectivity index (χ2n) is 9.00. The summed E-state index contributed by atoms with van der Waals surface area (Å²) in [6.45, 7) is 4.52. The average molecular weight is 405 g/mol. The van der Waals surface area contributed by atoms with E-state index in [-0.39, 0.29) is 42.0 Å². The number of allylic oxidation sites excluding steroid dienone is 1. The van der Waals surface area contributed by atoms with Crippen molar-refractivity contribution in [2.75, 3.05) is 6.61 Å². The molecule has 3 aliphatic rings. The van der Waals surface area contributed by atoms with Crippen LogP contribution < -0.4 is 0 Å². The van der Waals surface area contributed by atoms with Crippen molar-refractivity contribution in [1.29, 1.82) is 0 Å². The number of hydrogen-bond acceptors (Lipinski definition) is 6. The summed E-state index contributed by atoms with van der Waals surface area (Å²) in [5.41, 5.74) is 1.59. The summed E-state index contributed by atoms with van der Waals surface area (Å²) in [4.78, 5) is 0. The van der Waals surface area contributed by atoms with E-state index in [4.69, 9.17) is 9.47 Å². The molecule has 6 heteroatoms. The number of phenolic OH excluding ortho intramolecular Hbond substituents is 2. The Morgan fingerprint density at radius 1 is 1.21 bits per heavy atom. The highest BCUT2D eigenvalue weighted by Gasteiger charge is 2.50. The summed E-state index contributed by atoms with van der Waals surface area (Å²) in [6.07, 6.45) is 5.16. The van der Waals surface area contributed by atoms with Crippen LogP contribution in [0.5, 0.6) is 11.5 Å². The number of phenols is 2. The minimum Gasteiger partial charge on any atom is -0.504 e. The van der Waals surface area contributed by atoms with Crippen LogP contribution in [0.2, 0.25) is 0 Å². The predicted octanol–water partition coefficient (Wildman–Crippen LogP) is 2.76. The number of rotatable bonds is 4. The molecule has 160 valence electrons. The van der Waals surface area contributed by atoms with E-state index in [0.717, 1.165) is 30.4 Å². The lowest BCUT2D eigenvalue weighted by molar-refractivity contribution is -0.249. The molecule has 1 heterocycles. The van der Waals surface area contributed by atoms with Gasteiger partial charge in [0.2, 0.25) is 0 Å². The minimum atomic E-state index is -0.873. The summed E-state index contributed by atoms with van der Waals surface area (Å²) in [5, 5.41) is 41.0. The topological polar surface area (TPSA) is 99.4 Å². The number of benzene rings is 1. The molecular formula is C23H32O6. The molecule has 29 heavy (non-hydrogen) atoms. The molecule has 4 unspecified atom stereocenters. The molecule has 2 aliphatic carbocycles. The van der Waals surface area contributed by atoms with E-state index >= 15 is 0 Å². The van der Waals surface area contributed by atoms with E-state index in [9.17, 15) is 20.4 Å². The van der Waals surface area contributed by atoms with Gasteiger partial charge in [-0.15, -0.1) is 0 Å². The van der Waals surface area contributed by atoms with Gasteiger partial charge in [-0.3, -0.25) is 0 Å². The summed E-state index contributed by atoms with van der Waals surface area (Å²) in [5.74, 6) is 0.543. The first-order valence-corrected chi connectivity index (χ1v) is 10.7. The van der Waals surface area contributed by atoms with Crippen LogP contribution in [-0.2, 0) is 21.3 Å². The highest BCUT2D eigenvalue weighted by Crippen LogP contribution is 2.57. The van der Waals surface area contributed by atoms with Gasteiger partial charge in [0, 0.05) is 17.4 Å². The van der Waals surface area contributed by atoms with Crippen LogP contribution in [0, 0.1) is 11.8 Å². The quantitative estimate of drug-likeness (QED) is 0.455. The largest absolute Gasteiger partial charge is 0.504 e. The molecule has 1 fully saturated rings. The van der Waals surface area contributed by atoms with Crippen LogP contribution in [-0.4, -0.2) is 51.6 Å². The van der Waals surface area contributed by atoms with Gasteiger partial charge >= 0.3 is 0 Å². The molecule has 0 radical (unpaired) electrons. The number of ether oxygens (including phenoxy) is 2. The number of aliphatic hydroxyl groups is 2. The Morgan fingerprint density at radius 3 is 2.72 bits per heavy atom. The molecule has 1 aromatic rings. The van der Waals surface area contributed by atoms with Crippen LogP contribution in [0.4, 0.5) is 0 Å². The molecule has 1 saturated heterocycles. The molecule has 0 bridgehead atoms. The molecule has 4 N–H and O–H groups in total. The van der Waals surface area contributed by atoms with Crippen molar-refractivity contribution in [3.8, 4) is 11.5 Å². The lowest BCUT2D eigenvalue weighted by atomic mass is 9.54. The maximum atomic E-state index is 10.8. The maximum absolute atomic E-state index is 10.8. The fourth-order valence-corrected chi connectivity index (χ4v) is 5.83. The monoisotopic (exact) mass is 404 g/mol. The van der Waals surface area contributed by atoms with Gasteiger partial charge in [0.25, 0.3) is 0 Å². The number of fused-ring (bicyclic) bond motifs is 3. The number of hydrogen-bond donors (Lipinski definition) is 4. The Hall–Kier alpha value is -1.60. The van der Waals surface area contributed by atoms with Crippen LogP contribution in [0.25, 0.3) is 0 Å². The molecule has 7 atom stereocenters. The smallest absolute Gasteiger partial charge is 0.184 e. The third-order valence-corrected chi connectivity index (χ3v) is 6.92. The van der Waals surface area contributed by atoms with Crippen LogP contribution in [0.3, 0.4) is 0 Å². The highest BCUT2D eigenvalue weighted by molar-refractivity contribution is 5.55. The maximum Gasteiger partial charge on any atom is 0.184 e. The Bertz CT molecular complexity index is 777. The summed E-state index contributed by atoms with van der Waals surface area (Å²) >= 11 is 0. The minimum absolute atomic E-state index is 0.0148. The molecule has 6 nitrogen and oxygen atoms in total. The molecular weight excluding hydrogens is 372 g/mol. The normalized spacial score (nSPS) is 39.0. The molecule has 0 amide bonds. The van der Waals surface area contributed by atoms with Gasteiger partial charge in [-0.25, -0.2) is 0 Å². The standard InChI is InChI=1S/C23H32O6/c1-3-8-23-11-16(29-22-19(26)10-15(24)12-28-22)5-6-17(23)13(2)9-14-4-7-18(25)21(27)20(14)23/h4-7,13,15-17,19,22,24-27H,3,8-12H2,1-2H3/t13?,15?,16-,17?,19+,22-,23?/m0/s1. The second kappa shape index (κ2) is 7.91. The van der Waals surface area contributed by atoms with Gasteiger partial charge in [0.05, 0.1) is 18.8 Å². The van der Waals surface area contributed by atoms with E-state index < -0.39 is 18.5 Å². The van der Waals surface area contributed by atoms with Crippen LogP contribution >= 0.6 is 0 Å². The van der Waals surface area contributed by atoms with Crippen molar-refractivity contribution in [3.05, 3.63) is 35.4 Å². The molecule has 0 saturated carbocycles. The molecule has 0 aromatic heterocycles. The van der Waals surface area contributed by atoms with Gasteiger partial charge in [0.15, 0.2) is 17.8 Å². The summed E-state index contributed by atoms with van der Waals surface area (Å²) < 4.78 is 11.6. The average Bonchev–Trinajstić information content (AvgIpc) is 2.67. The van der Waals surface area contributed by atoms with Gasteiger partial charge in [0.1, 0.15) is 6.10 Å². The van der Waals surface area contributed by atoms with E-state index in [1.165, 1.54) is 0 Å².